The van der Waals surface area contributed by atoms with Gasteiger partial charge in [-0.3, -0.25) is 9.69 Å². The third kappa shape index (κ3) is 6.12. The first kappa shape index (κ1) is 21.4. The maximum absolute atomic E-state index is 12.3. The number of piperazine rings is 1. The fraction of sp³-hybridized carbons (Fsp3) is 0.526. The van der Waals surface area contributed by atoms with Crippen molar-refractivity contribution in [1.82, 2.24) is 19.7 Å². The van der Waals surface area contributed by atoms with Gasteiger partial charge >= 0.3 is 0 Å². The molecule has 2 heterocycles. The van der Waals surface area contributed by atoms with Gasteiger partial charge in [0.15, 0.2) is 5.13 Å². The Morgan fingerprint density at radius 1 is 1.32 bits per heavy atom. The molecule has 1 aromatic heterocycles. The zero-order valence-electron chi connectivity index (χ0n) is 16.6. The van der Waals surface area contributed by atoms with Gasteiger partial charge in [-0.25, -0.2) is 4.98 Å². The summed E-state index contributed by atoms with van der Waals surface area (Å²) in [5.74, 6) is 0.252. The van der Waals surface area contributed by atoms with Crippen molar-refractivity contribution in [3.63, 3.8) is 0 Å². The summed E-state index contributed by atoms with van der Waals surface area (Å²) in [7, 11) is 4.20. The van der Waals surface area contributed by atoms with Crippen LogP contribution in [0.1, 0.15) is 5.56 Å². The van der Waals surface area contributed by atoms with Crippen LogP contribution in [0.15, 0.2) is 18.2 Å². The molecule has 1 aliphatic rings. The Morgan fingerprint density at radius 2 is 2.07 bits per heavy atom. The maximum atomic E-state index is 12.3. The van der Waals surface area contributed by atoms with Crippen molar-refractivity contribution in [3.05, 3.63) is 23.8 Å². The summed E-state index contributed by atoms with van der Waals surface area (Å²) in [5, 5.41) is 3.55. The van der Waals surface area contributed by atoms with Gasteiger partial charge in [-0.05, 0) is 38.7 Å². The van der Waals surface area contributed by atoms with Crippen LogP contribution in [0.4, 0.5) is 5.13 Å². The topological polar surface area (TPSA) is 51.7 Å². The van der Waals surface area contributed by atoms with E-state index in [4.69, 9.17) is 12.2 Å². The number of rotatable bonds is 6. The molecule has 9 heteroatoms. The zero-order valence-corrected chi connectivity index (χ0v) is 19.1. The molecule has 1 aliphatic heterocycles. The summed E-state index contributed by atoms with van der Waals surface area (Å²) < 4.78 is 1.90. The second kappa shape index (κ2) is 9.98. The van der Waals surface area contributed by atoms with Crippen LogP contribution in [0.2, 0.25) is 0 Å². The maximum Gasteiger partial charge on any atom is 0.236 e. The summed E-state index contributed by atoms with van der Waals surface area (Å²) in [4.78, 5) is 23.6. The van der Waals surface area contributed by atoms with Crippen LogP contribution in [0.25, 0.3) is 10.2 Å². The smallest absolute Gasteiger partial charge is 0.236 e. The molecular weight excluding hydrogens is 410 g/mol. The predicted molar refractivity (Wildman–Crippen MR) is 125 cm³/mol. The lowest BCUT2D eigenvalue weighted by Gasteiger charge is -2.36. The van der Waals surface area contributed by atoms with Gasteiger partial charge in [0, 0.05) is 39.3 Å². The SMILES string of the molecule is Cc1ccc2nc(NC(=O)CSC(=S)N3CCN(CCN(C)C)CC3)sc2c1. The molecular formula is C19H27N5OS3. The van der Waals surface area contributed by atoms with Crippen molar-refractivity contribution in [2.24, 2.45) is 0 Å². The number of benzene rings is 1. The average Bonchev–Trinajstić information content (AvgIpc) is 3.06. The van der Waals surface area contributed by atoms with Crippen molar-refractivity contribution in [2.75, 3.05) is 64.4 Å². The molecule has 0 spiro atoms. The number of thiocarbonyl (C=S) groups is 1. The van der Waals surface area contributed by atoms with Gasteiger partial charge < -0.3 is 15.1 Å². The number of amides is 1. The molecule has 1 aromatic carbocycles. The van der Waals surface area contributed by atoms with Crippen molar-refractivity contribution < 1.29 is 4.79 Å². The van der Waals surface area contributed by atoms with Gasteiger partial charge in [-0.15, -0.1) is 0 Å². The van der Waals surface area contributed by atoms with Crippen LogP contribution in [-0.2, 0) is 4.79 Å². The number of hydrogen-bond acceptors (Lipinski definition) is 7. The molecule has 6 nitrogen and oxygen atoms in total. The highest BCUT2D eigenvalue weighted by Gasteiger charge is 2.20. The number of thioether (sulfide) groups is 1. The number of thiazole rings is 1. The van der Waals surface area contributed by atoms with E-state index in [1.165, 1.54) is 28.7 Å². The van der Waals surface area contributed by atoms with E-state index in [-0.39, 0.29) is 5.91 Å². The predicted octanol–water partition coefficient (Wildman–Crippen LogP) is 2.74. The molecule has 1 fully saturated rings. The van der Waals surface area contributed by atoms with Crippen molar-refractivity contribution in [2.45, 2.75) is 6.92 Å². The summed E-state index contributed by atoms with van der Waals surface area (Å²) >= 11 is 8.48. The quantitative estimate of drug-likeness (QED) is 0.698. The lowest BCUT2D eigenvalue weighted by molar-refractivity contribution is -0.113. The van der Waals surface area contributed by atoms with Gasteiger partial charge in [0.2, 0.25) is 5.91 Å². The summed E-state index contributed by atoms with van der Waals surface area (Å²) in [6.07, 6.45) is 0. The summed E-state index contributed by atoms with van der Waals surface area (Å²) in [5.41, 5.74) is 2.11. The monoisotopic (exact) mass is 437 g/mol. The number of anilines is 1. The molecule has 0 atom stereocenters. The molecule has 0 aliphatic carbocycles. The second-order valence-electron chi connectivity index (χ2n) is 7.22. The molecule has 1 saturated heterocycles. The number of carbonyl (C=O) groups excluding carboxylic acids is 1. The van der Waals surface area contributed by atoms with Gasteiger partial charge in [0.05, 0.1) is 16.0 Å². The minimum atomic E-state index is -0.0623. The third-order valence-electron chi connectivity index (χ3n) is 4.61. The summed E-state index contributed by atoms with van der Waals surface area (Å²) in [6.45, 7) is 8.11. The Hall–Kier alpha value is -1.26. The fourth-order valence-corrected chi connectivity index (χ4v) is 4.99. The molecule has 28 heavy (non-hydrogen) atoms. The Morgan fingerprint density at radius 3 is 2.79 bits per heavy atom. The summed E-state index contributed by atoms with van der Waals surface area (Å²) in [6, 6.07) is 6.10. The van der Waals surface area contributed by atoms with Crippen molar-refractivity contribution >= 4 is 60.9 Å². The lowest BCUT2D eigenvalue weighted by atomic mass is 10.2. The molecule has 0 unspecified atom stereocenters. The van der Waals surface area contributed by atoms with Crippen molar-refractivity contribution in [3.8, 4) is 0 Å². The lowest BCUT2D eigenvalue weighted by Crippen LogP contribution is -2.49. The average molecular weight is 438 g/mol. The minimum Gasteiger partial charge on any atom is -0.355 e. The number of nitrogens with one attached hydrogen (secondary N) is 1. The van der Waals surface area contributed by atoms with E-state index < -0.39 is 0 Å². The first-order chi connectivity index (χ1) is 13.4. The largest absolute Gasteiger partial charge is 0.355 e. The number of nitrogens with zero attached hydrogens (tertiary/aromatic N) is 4. The van der Waals surface area contributed by atoms with Gasteiger partial charge in [0.1, 0.15) is 4.32 Å². The number of fused-ring (bicyclic) bond motifs is 1. The highest BCUT2D eigenvalue weighted by molar-refractivity contribution is 8.23. The number of carbonyl (C=O) groups is 1. The molecule has 0 radical (unpaired) electrons. The van der Waals surface area contributed by atoms with Gasteiger partial charge in [-0.1, -0.05) is 41.4 Å². The third-order valence-corrected chi connectivity index (χ3v) is 7.07. The Bertz CT molecular complexity index is 830. The van der Waals surface area contributed by atoms with E-state index in [0.717, 1.165) is 53.8 Å². The minimum absolute atomic E-state index is 0.0623. The van der Waals surface area contributed by atoms with Crippen LogP contribution in [0, 0.1) is 6.92 Å². The highest BCUT2D eigenvalue weighted by atomic mass is 32.2. The van der Waals surface area contributed by atoms with E-state index in [0.29, 0.717) is 10.9 Å². The molecule has 3 rings (SSSR count). The van der Waals surface area contributed by atoms with Crippen LogP contribution in [0.5, 0.6) is 0 Å². The molecule has 0 bridgehead atoms. The van der Waals surface area contributed by atoms with E-state index >= 15 is 0 Å². The van der Waals surface area contributed by atoms with Crippen LogP contribution >= 0.6 is 35.3 Å². The van der Waals surface area contributed by atoms with Crippen LogP contribution in [0.3, 0.4) is 0 Å². The Labute approximate surface area is 180 Å². The van der Waals surface area contributed by atoms with E-state index in [1.54, 1.807) is 0 Å². The second-order valence-corrected chi connectivity index (χ2v) is 9.86. The Balaban J connectivity index is 1.41. The van der Waals surface area contributed by atoms with E-state index in [2.05, 4.69) is 52.1 Å². The normalized spacial score (nSPS) is 15.4. The number of aryl methyl sites for hydroxylation is 1. The van der Waals surface area contributed by atoms with Crippen LogP contribution in [-0.4, -0.2) is 89.0 Å². The molecule has 1 N–H and O–H groups in total. The van der Waals surface area contributed by atoms with E-state index in [9.17, 15) is 4.79 Å². The number of hydrogen-bond donors (Lipinski definition) is 1. The first-order valence-electron chi connectivity index (χ1n) is 9.36. The Kier molecular flexibility index (Phi) is 7.64. The molecule has 0 saturated carbocycles. The van der Waals surface area contributed by atoms with Gasteiger partial charge in [-0.2, -0.15) is 0 Å². The van der Waals surface area contributed by atoms with Gasteiger partial charge in [0.25, 0.3) is 0 Å². The number of aromatic nitrogens is 1. The standard InChI is InChI=1S/C19H27N5OS3/c1-14-4-5-15-16(12-14)28-18(20-15)21-17(25)13-27-19(26)24-10-8-23(9-11-24)7-6-22(2)3/h4-5,12H,6-11,13H2,1-3H3,(H,20,21,25). The zero-order chi connectivity index (χ0) is 20.1. The fourth-order valence-electron chi connectivity index (χ4n) is 2.95. The number of likely N-dealkylation sites (N-methyl/N-ethyl adjacent to an activating group) is 1. The first-order valence-corrected chi connectivity index (χ1v) is 11.6. The van der Waals surface area contributed by atoms with Crippen LogP contribution < -0.4 is 5.32 Å². The van der Waals surface area contributed by atoms with Crippen molar-refractivity contribution in [1.29, 1.82) is 0 Å². The van der Waals surface area contributed by atoms with E-state index in [1.807, 2.05) is 12.1 Å². The molecule has 2 aromatic rings. The highest BCUT2D eigenvalue weighted by Crippen LogP contribution is 2.26. The molecule has 152 valence electrons. The molecule has 1 amide bonds.